The number of hydrogen-bond acceptors (Lipinski definition) is 4. The molecule has 2 atom stereocenters. The van der Waals surface area contributed by atoms with Crippen LogP contribution in [0.25, 0.3) is 0 Å². The normalized spacial score (nSPS) is 13.9. The lowest BCUT2D eigenvalue weighted by molar-refractivity contribution is -0.123. The Bertz CT molecular complexity index is 488. The van der Waals surface area contributed by atoms with Crippen molar-refractivity contribution in [1.82, 2.24) is 5.32 Å². The molecule has 0 aromatic heterocycles. The number of benzene rings is 1. The van der Waals surface area contributed by atoms with E-state index in [9.17, 15) is 20.1 Å². The number of phenolic OH excluding ortho intramolecular Hbond substituents is 2. The largest absolute Gasteiger partial charge is 0.508 e. The molecule has 2 unspecified atom stereocenters. The van der Waals surface area contributed by atoms with Crippen molar-refractivity contribution >= 4 is 5.91 Å². The number of nitrogens with one attached hydrogen (secondary N) is 1. The average Bonchev–Trinajstić information content (AvgIpc) is 2.40. The summed E-state index contributed by atoms with van der Waals surface area (Å²) >= 11 is 0. The van der Waals surface area contributed by atoms with Crippen molar-refractivity contribution in [2.75, 3.05) is 6.61 Å². The predicted octanol–water partition coefficient (Wildman–Crippen LogP) is 2.19. The van der Waals surface area contributed by atoms with E-state index in [-0.39, 0.29) is 36.0 Å². The van der Waals surface area contributed by atoms with Gasteiger partial charge >= 0.3 is 0 Å². The number of rotatable bonds is 8. The van der Waals surface area contributed by atoms with Gasteiger partial charge in [-0.25, -0.2) is 0 Å². The first-order valence-electron chi connectivity index (χ1n) is 7.72. The molecule has 0 aliphatic rings. The third-order valence-electron chi connectivity index (χ3n) is 3.51. The van der Waals surface area contributed by atoms with Gasteiger partial charge in [-0.1, -0.05) is 26.8 Å². The van der Waals surface area contributed by atoms with Gasteiger partial charge in [0.05, 0.1) is 12.6 Å². The fourth-order valence-corrected chi connectivity index (χ4v) is 2.52. The smallest absolute Gasteiger partial charge is 0.220 e. The highest BCUT2D eigenvalue weighted by molar-refractivity contribution is 5.76. The van der Waals surface area contributed by atoms with Crippen molar-refractivity contribution in [3.8, 4) is 11.5 Å². The Hall–Kier alpha value is -1.75. The summed E-state index contributed by atoms with van der Waals surface area (Å²) in [5.41, 5.74) is 0.707. The Kier molecular flexibility index (Phi) is 7.18. The first kappa shape index (κ1) is 18.3. The number of aliphatic hydroxyl groups excluding tert-OH is 1. The van der Waals surface area contributed by atoms with Crippen LogP contribution in [0.5, 0.6) is 11.5 Å². The van der Waals surface area contributed by atoms with Crippen molar-refractivity contribution in [2.45, 2.75) is 46.1 Å². The van der Waals surface area contributed by atoms with Gasteiger partial charge in [-0.15, -0.1) is 0 Å². The maximum absolute atomic E-state index is 12.0. The van der Waals surface area contributed by atoms with Crippen LogP contribution in [0.15, 0.2) is 18.2 Å². The van der Waals surface area contributed by atoms with Crippen LogP contribution < -0.4 is 5.32 Å². The van der Waals surface area contributed by atoms with Gasteiger partial charge in [-0.05, 0) is 36.3 Å². The second-order valence-corrected chi connectivity index (χ2v) is 6.40. The molecular formula is C17H27NO4. The van der Waals surface area contributed by atoms with E-state index in [2.05, 4.69) is 5.32 Å². The molecule has 1 amide bonds. The topological polar surface area (TPSA) is 89.8 Å². The molecule has 124 valence electrons. The monoisotopic (exact) mass is 309 g/mol. The third kappa shape index (κ3) is 6.35. The third-order valence-corrected chi connectivity index (χ3v) is 3.51. The first-order valence-corrected chi connectivity index (χ1v) is 7.72. The minimum atomic E-state index is -0.207. The minimum absolute atomic E-state index is 0.0196. The maximum Gasteiger partial charge on any atom is 0.220 e. The Morgan fingerprint density at radius 1 is 1.23 bits per heavy atom. The number of carbonyl (C=O) groups is 1. The molecule has 0 radical (unpaired) electrons. The molecule has 4 N–H and O–H groups in total. The van der Waals surface area contributed by atoms with E-state index in [1.54, 1.807) is 6.07 Å². The SMILES string of the molecule is CC(C)CC(CO)NC(=O)CC(C)Cc1ccc(O)cc1O. The molecule has 0 aliphatic carbocycles. The Morgan fingerprint density at radius 3 is 2.45 bits per heavy atom. The standard InChI is InChI=1S/C17H27NO4/c1-11(2)6-14(10-19)18-17(22)8-12(3)7-13-4-5-15(20)9-16(13)21/h4-5,9,11-12,14,19-21H,6-8,10H2,1-3H3,(H,18,22). The quantitative estimate of drug-likeness (QED) is 0.592. The molecule has 5 heteroatoms. The van der Waals surface area contributed by atoms with Crippen LogP contribution in [0.2, 0.25) is 0 Å². The van der Waals surface area contributed by atoms with Crippen molar-refractivity contribution in [3.63, 3.8) is 0 Å². The van der Waals surface area contributed by atoms with E-state index in [1.807, 2.05) is 20.8 Å². The molecular weight excluding hydrogens is 282 g/mol. The molecule has 0 bridgehead atoms. The number of aliphatic hydroxyl groups is 1. The van der Waals surface area contributed by atoms with E-state index in [0.29, 0.717) is 24.3 Å². The molecule has 22 heavy (non-hydrogen) atoms. The Balaban J connectivity index is 2.49. The van der Waals surface area contributed by atoms with Gasteiger partial charge in [0.25, 0.3) is 0 Å². The lowest BCUT2D eigenvalue weighted by Crippen LogP contribution is -2.39. The molecule has 1 aromatic carbocycles. The summed E-state index contributed by atoms with van der Waals surface area (Å²) in [6.45, 7) is 5.97. The fraction of sp³-hybridized carbons (Fsp3) is 0.588. The molecule has 0 saturated heterocycles. The van der Waals surface area contributed by atoms with Crippen LogP contribution in [0.4, 0.5) is 0 Å². The number of hydrogen-bond donors (Lipinski definition) is 4. The minimum Gasteiger partial charge on any atom is -0.508 e. The lowest BCUT2D eigenvalue weighted by Gasteiger charge is -2.20. The van der Waals surface area contributed by atoms with Crippen molar-refractivity contribution in [3.05, 3.63) is 23.8 Å². The molecule has 0 spiro atoms. The van der Waals surface area contributed by atoms with Crippen LogP contribution in [0, 0.1) is 11.8 Å². The molecule has 0 aliphatic heterocycles. The molecule has 0 saturated carbocycles. The van der Waals surface area contributed by atoms with Crippen LogP contribution in [-0.4, -0.2) is 33.9 Å². The molecule has 1 rings (SSSR count). The van der Waals surface area contributed by atoms with E-state index >= 15 is 0 Å². The molecule has 5 nitrogen and oxygen atoms in total. The predicted molar refractivity (Wildman–Crippen MR) is 85.7 cm³/mol. The van der Waals surface area contributed by atoms with E-state index < -0.39 is 0 Å². The van der Waals surface area contributed by atoms with Crippen molar-refractivity contribution in [2.24, 2.45) is 11.8 Å². The average molecular weight is 309 g/mol. The van der Waals surface area contributed by atoms with E-state index in [0.717, 1.165) is 6.42 Å². The van der Waals surface area contributed by atoms with Gasteiger partial charge in [0, 0.05) is 12.5 Å². The van der Waals surface area contributed by atoms with Crippen molar-refractivity contribution in [1.29, 1.82) is 0 Å². The summed E-state index contributed by atoms with van der Waals surface area (Å²) in [6.07, 6.45) is 1.62. The maximum atomic E-state index is 12.0. The van der Waals surface area contributed by atoms with Crippen LogP contribution in [-0.2, 0) is 11.2 Å². The van der Waals surface area contributed by atoms with Gasteiger partial charge in [-0.3, -0.25) is 4.79 Å². The van der Waals surface area contributed by atoms with Gasteiger partial charge in [0.1, 0.15) is 11.5 Å². The second-order valence-electron chi connectivity index (χ2n) is 6.40. The zero-order chi connectivity index (χ0) is 16.7. The van der Waals surface area contributed by atoms with Crippen LogP contribution >= 0.6 is 0 Å². The number of aromatic hydroxyl groups is 2. The molecule has 0 heterocycles. The fourth-order valence-electron chi connectivity index (χ4n) is 2.52. The van der Waals surface area contributed by atoms with Gasteiger partial charge in [0.2, 0.25) is 5.91 Å². The summed E-state index contributed by atoms with van der Waals surface area (Å²) in [7, 11) is 0. The highest BCUT2D eigenvalue weighted by Gasteiger charge is 2.16. The Morgan fingerprint density at radius 2 is 1.91 bits per heavy atom. The van der Waals surface area contributed by atoms with Gasteiger partial charge < -0.3 is 20.6 Å². The first-order chi connectivity index (χ1) is 10.3. The zero-order valence-electron chi connectivity index (χ0n) is 13.5. The molecule has 1 aromatic rings. The van der Waals surface area contributed by atoms with Gasteiger partial charge in [0.15, 0.2) is 0 Å². The molecule has 0 fully saturated rings. The highest BCUT2D eigenvalue weighted by atomic mass is 16.3. The Labute approximate surface area is 132 Å². The summed E-state index contributed by atoms with van der Waals surface area (Å²) in [4.78, 5) is 12.0. The zero-order valence-corrected chi connectivity index (χ0v) is 13.5. The van der Waals surface area contributed by atoms with Crippen LogP contribution in [0.1, 0.15) is 39.2 Å². The summed E-state index contributed by atoms with van der Waals surface area (Å²) in [5, 5.41) is 31.2. The summed E-state index contributed by atoms with van der Waals surface area (Å²) in [5.74, 6) is 0.426. The van der Waals surface area contributed by atoms with Crippen LogP contribution in [0.3, 0.4) is 0 Å². The lowest BCUT2D eigenvalue weighted by atomic mass is 9.96. The highest BCUT2D eigenvalue weighted by Crippen LogP contribution is 2.25. The van der Waals surface area contributed by atoms with Gasteiger partial charge in [-0.2, -0.15) is 0 Å². The van der Waals surface area contributed by atoms with E-state index in [1.165, 1.54) is 12.1 Å². The number of carbonyl (C=O) groups excluding carboxylic acids is 1. The summed E-state index contributed by atoms with van der Waals surface area (Å²) in [6, 6.07) is 4.27. The number of amides is 1. The second kappa shape index (κ2) is 8.63. The summed E-state index contributed by atoms with van der Waals surface area (Å²) < 4.78 is 0. The van der Waals surface area contributed by atoms with Crippen molar-refractivity contribution < 1.29 is 20.1 Å². The van der Waals surface area contributed by atoms with E-state index in [4.69, 9.17) is 0 Å². The number of phenols is 2.